The average Bonchev–Trinajstić information content (AvgIpc) is 2.05. The molecule has 0 bridgehead atoms. The van der Waals surface area contributed by atoms with E-state index >= 15 is 0 Å². The number of hydrogen-bond acceptors (Lipinski definition) is 2. The zero-order valence-electron chi connectivity index (χ0n) is 5.46. The Morgan fingerprint density at radius 2 is 2.50 bits per heavy atom. The van der Waals surface area contributed by atoms with Crippen LogP contribution in [-0.2, 0) is 11.3 Å². The zero-order valence-corrected chi connectivity index (χ0v) is 5.46. The maximum Gasteiger partial charge on any atom is 0.189 e. The monoisotopic (exact) mass is 135 g/mol. The largest absolute Gasteiger partial charge is 0.467 e. The minimum atomic E-state index is 0.366. The summed E-state index contributed by atoms with van der Waals surface area (Å²) in [7, 11) is 0. The summed E-state index contributed by atoms with van der Waals surface area (Å²) in [5.74, 6) is 0.897. The Kier molecular flexibility index (Phi) is 1.32. The third kappa shape index (κ3) is 0.866. The van der Waals surface area contributed by atoms with E-state index in [0.717, 1.165) is 11.3 Å². The van der Waals surface area contributed by atoms with Crippen molar-refractivity contribution in [2.45, 2.75) is 6.61 Å². The number of hydrogen-bond donors (Lipinski definition) is 0. The van der Waals surface area contributed by atoms with E-state index in [0.29, 0.717) is 13.4 Å². The summed E-state index contributed by atoms with van der Waals surface area (Å²) in [6, 6.07) is 8.58. The summed E-state index contributed by atoms with van der Waals surface area (Å²) in [5, 5.41) is 0. The summed E-state index contributed by atoms with van der Waals surface area (Å²) in [4.78, 5) is 0. The fourth-order valence-electron chi connectivity index (χ4n) is 0.958. The minimum absolute atomic E-state index is 0.366. The Hall–Kier alpha value is -1.02. The van der Waals surface area contributed by atoms with Crippen LogP contribution in [0.4, 0.5) is 0 Å². The number of rotatable bonds is 0. The van der Waals surface area contributed by atoms with Crippen molar-refractivity contribution in [3.63, 3.8) is 0 Å². The topological polar surface area (TPSA) is 18.5 Å². The van der Waals surface area contributed by atoms with Gasteiger partial charge in [-0.15, -0.1) is 0 Å². The third-order valence-electron chi connectivity index (χ3n) is 1.47. The second kappa shape index (κ2) is 2.31. The van der Waals surface area contributed by atoms with Crippen LogP contribution in [-0.4, -0.2) is 6.79 Å². The van der Waals surface area contributed by atoms with Crippen molar-refractivity contribution in [3.8, 4) is 5.75 Å². The van der Waals surface area contributed by atoms with Crippen molar-refractivity contribution in [3.05, 3.63) is 29.8 Å². The molecule has 0 fully saturated rings. The van der Waals surface area contributed by atoms with Gasteiger partial charge in [0.1, 0.15) is 5.75 Å². The highest BCUT2D eigenvalue weighted by Gasteiger charge is 2.07. The SMILES string of the molecule is [c]1ccc2c(c1)OCOC2. The van der Waals surface area contributed by atoms with Crippen LogP contribution in [0.15, 0.2) is 18.2 Å². The molecule has 0 spiro atoms. The van der Waals surface area contributed by atoms with E-state index in [1.54, 1.807) is 0 Å². The van der Waals surface area contributed by atoms with Gasteiger partial charge >= 0.3 is 0 Å². The molecule has 1 radical (unpaired) electrons. The molecule has 51 valence electrons. The van der Waals surface area contributed by atoms with Gasteiger partial charge in [0, 0.05) is 5.56 Å². The maximum atomic E-state index is 5.17. The van der Waals surface area contributed by atoms with E-state index in [9.17, 15) is 0 Å². The van der Waals surface area contributed by atoms with Crippen LogP contribution < -0.4 is 4.74 Å². The summed E-state index contributed by atoms with van der Waals surface area (Å²) < 4.78 is 10.2. The molecule has 10 heavy (non-hydrogen) atoms. The lowest BCUT2D eigenvalue weighted by atomic mass is 10.2. The maximum absolute atomic E-state index is 5.17. The fraction of sp³-hybridized carbons (Fsp3) is 0.250. The molecule has 0 unspecified atom stereocenters. The van der Waals surface area contributed by atoms with Gasteiger partial charge in [-0.2, -0.15) is 0 Å². The molecule has 1 aromatic rings. The van der Waals surface area contributed by atoms with Crippen molar-refractivity contribution in [2.24, 2.45) is 0 Å². The molecule has 2 rings (SSSR count). The molecule has 1 aliphatic rings. The first kappa shape index (κ1) is 5.74. The van der Waals surface area contributed by atoms with Gasteiger partial charge in [0.05, 0.1) is 6.61 Å². The van der Waals surface area contributed by atoms with Crippen molar-refractivity contribution < 1.29 is 9.47 Å². The predicted octanol–water partition coefficient (Wildman–Crippen LogP) is 1.35. The molecule has 1 heterocycles. The molecule has 0 amide bonds. The fourth-order valence-corrected chi connectivity index (χ4v) is 0.958. The normalized spacial score (nSPS) is 15.6. The van der Waals surface area contributed by atoms with Crippen molar-refractivity contribution >= 4 is 0 Å². The second-order valence-electron chi connectivity index (χ2n) is 2.14. The first-order chi connectivity index (χ1) is 4.97. The molecular formula is C8H7O2. The van der Waals surface area contributed by atoms with Crippen molar-refractivity contribution in [1.29, 1.82) is 0 Å². The summed E-state index contributed by atoms with van der Waals surface area (Å²) >= 11 is 0. The highest BCUT2D eigenvalue weighted by atomic mass is 16.7. The standard InChI is InChI=1S/C8H7O2/c1-2-4-8-7(3-1)5-9-6-10-8/h1,3-4H,5-6H2. The van der Waals surface area contributed by atoms with E-state index in [-0.39, 0.29) is 0 Å². The molecule has 0 N–H and O–H groups in total. The van der Waals surface area contributed by atoms with Crippen molar-refractivity contribution in [1.82, 2.24) is 0 Å². The molecule has 0 atom stereocenters. The van der Waals surface area contributed by atoms with Gasteiger partial charge in [0.25, 0.3) is 0 Å². The van der Waals surface area contributed by atoms with Crippen LogP contribution in [0.2, 0.25) is 0 Å². The van der Waals surface area contributed by atoms with Crippen LogP contribution in [0.25, 0.3) is 0 Å². The molecule has 1 aromatic carbocycles. The van der Waals surface area contributed by atoms with Gasteiger partial charge < -0.3 is 9.47 Å². The Balaban J connectivity index is 2.41. The van der Waals surface area contributed by atoms with Gasteiger partial charge in [-0.25, -0.2) is 0 Å². The number of benzene rings is 1. The Morgan fingerprint density at radius 3 is 3.40 bits per heavy atom. The highest BCUT2D eigenvalue weighted by Crippen LogP contribution is 2.21. The first-order valence-electron chi connectivity index (χ1n) is 3.16. The number of fused-ring (bicyclic) bond motifs is 1. The molecule has 0 aromatic heterocycles. The smallest absolute Gasteiger partial charge is 0.189 e. The third-order valence-corrected chi connectivity index (χ3v) is 1.47. The van der Waals surface area contributed by atoms with E-state index in [1.165, 1.54) is 0 Å². The van der Waals surface area contributed by atoms with Crippen LogP contribution >= 0.6 is 0 Å². The molecule has 0 saturated heterocycles. The molecular weight excluding hydrogens is 128 g/mol. The predicted molar refractivity (Wildman–Crippen MR) is 35.6 cm³/mol. The second-order valence-corrected chi connectivity index (χ2v) is 2.14. The highest BCUT2D eigenvalue weighted by molar-refractivity contribution is 5.32. The Morgan fingerprint density at radius 1 is 1.50 bits per heavy atom. The first-order valence-corrected chi connectivity index (χ1v) is 3.16. The minimum Gasteiger partial charge on any atom is -0.467 e. The summed E-state index contributed by atoms with van der Waals surface area (Å²) in [5.41, 5.74) is 1.10. The van der Waals surface area contributed by atoms with Gasteiger partial charge in [0.2, 0.25) is 0 Å². The molecule has 2 nitrogen and oxygen atoms in total. The van der Waals surface area contributed by atoms with Gasteiger partial charge in [0.15, 0.2) is 6.79 Å². The lowest BCUT2D eigenvalue weighted by molar-refractivity contribution is -0.0163. The van der Waals surface area contributed by atoms with Crippen LogP contribution in [0.5, 0.6) is 5.75 Å². The number of ether oxygens (including phenoxy) is 2. The van der Waals surface area contributed by atoms with Crippen LogP contribution in [0.3, 0.4) is 0 Å². The lowest BCUT2D eigenvalue weighted by Crippen LogP contribution is -2.10. The summed E-state index contributed by atoms with van der Waals surface area (Å²) in [6.45, 7) is 1.02. The summed E-state index contributed by atoms with van der Waals surface area (Å²) in [6.07, 6.45) is 0. The van der Waals surface area contributed by atoms with E-state index in [1.807, 2.05) is 18.2 Å². The van der Waals surface area contributed by atoms with Gasteiger partial charge in [-0.3, -0.25) is 0 Å². The molecule has 2 heteroatoms. The van der Waals surface area contributed by atoms with E-state index < -0.39 is 0 Å². The average molecular weight is 135 g/mol. The van der Waals surface area contributed by atoms with Crippen LogP contribution in [0.1, 0.15) is 5.56 Å². The zero-order chi connectivity index (χ0) is 6.81. The van der Waals surface area contributed by atoms with E-state index in [2.05, 4.69) is 6.07 Å². The Bertz CT molecular complexity index is 207. The molecule has 0 saturated carbocycles. The van der Waals surface area contributed by atoms with Gasteiger partial charge in [-0.05, 0) is 12.1 Å². The van der Waals surface area contributed by atoms with E-state index in [4.69, 9.17) is 9.47 Å². The van der Waals surface area contributed by atoms with Crippen LogP contribution in [0, 0.1) is 6.07 Å². The molecule has 1 aliphatic heterocycles. The Labute approximate surface area is 59.4 Å². The van der Waals surface area contributed by atoms with Crippen molar-refractivity contribution in [2.75, 3.05) is 6.79 Å². The molecule has 0 aliphatic carbocycles. The van der Waals surface area contributed by atoms with Gasteiger partial charge in [-0.1, -0.05) is 12.1 Å². The quantitative estimate of drug-likeness (QED) is 0.534. The lowest BCUT2D eigenvalue weighted by Gasteiger charge is -2.16.